The van der Waals surface area contributed by atoms with Crippen molar-refractivity contribution in [2.24, 2.45) is 5.92 Å². The molecule has 2 fully saturated rings. The lowest BCUT2D eigenvalue weighted by atomic mass is 9.83. The van der Waals surface area contributed by atoms with E-state index >= 15 is 0 Å². The molecule has 31 heavy (non-hydrogen) atoms. The molecule has 4 bridgehead atoms. The van der Waals surface area contributed by atoms with Crippen LogP contribution in [0, 0.1) is 5.92 Å². The van der Waals surface area contributed by atoms with Crippen LogP contribution in [0.2, 0.25) is 0 Å². The third kappa shape index (κ3) is 5.03. The van der Waals surface area contributed by atoms with E-state index in [-0.39, 0.29) is 24.0 Å². The summed E-state index contributed by atoms with van der Waals surface area (Å²) in [5.74, 6) is -1.37. The maximum Gasteiger partial charge on any atom is 0.334 e. The zero-order valence-electron chi connectivity index (χ0n) is 19.2. The lowest BCUT2D eigenvalue weighted by molar-refractivity contribution is -0.193. The molecule has 3 heterocycles. The molecule has 2 saturated heterocycles. The van der Waals surface area contributed by atoms with Gasteiger partial charge in [-0.1, -0.05) is 12.7 Å². The number of ether oxygens (including phenoxy) is 4. The van der Waals surface area contributed by atoms with Crippen LogP contribution in [0.1, 0.15) is 73.1 Å². The summed E-state index contributed by atoms with van der Waals surface area (Å²) < 4.78 is 23.7. The molecule has 0 aliphatic carbocycles. The molecule has 3 aliphatic rings. The summed E-state index contributed by atoms with van der Waals surface area (Å²) in [7, 11) is 0. The van der Waals surface area contributed by atoms with Crippen molar-refractivity contribution in [1.29, 1.82) is 0 Å². The number of hydrogen-bond acceptors (Lipinski definition) is 7. The molecule has 0 aromatic rings. The van der Waals surface area contributed by atoms with E-state index in [4.69, 9.17) is 18.9 Å². The van der Waals surface area contributed by atoms with Crippen molar-refractivity contribution in [2.45, 2.75) is 103 Å². The third-order valence-corrected chi connectivity index (χ3v) is 7.02. The van der Waals surface area contributed by atoms with Crippen LogP contribution in [-0.4, -0.2) is 47.4 Å². The Morgan fingerprint density at radius 3 is 2.39 bits per heavy atom. The first-order valence-corrected chi connectivity index (χ1v) is 11.0. The van der Waals surface area contributed by atoms with Gasteiger partial charge in [-0.3, -0.25) is 9.59 Å². The molecular formula is C24H34O7. The highest BCUT2D eigenvalue weighted by Gasteiger charge is 2.52. The average Bonchev–Trinajstić information content (AvgIpc) is 3.05. The van der Waals surface area contributed by atoms with Gasteiger partial charge in [0.15, 0.2) is 0 Å². The van der Waals surface area contributed by atoms with E-state index in [1.54, 1.807) is 0 Å². The number of rotatable bonds is 2. The molecule has 6 atom stereocenters. The van der Waals surface area contributed by atoms with E-state index in [1.165, 1.54) is 13.8 Å². The Kier molecular flexibility index (Phi) is 6.65. The van der Waals surface area contributed by atoms with Crippen LogP contribution in [0.5, 0.6) is 0 Å². The van der Waals surface area contributed by atoms with Gasteiger partial charge >= 0.3 is 17.9 Å². The number of fused-ring (bicyclic) bond motifs is 6. The normalized spacial score (nSPS) is 40.4. The molecule has 3 rings (SSSR count). The Balaban J connectivity index is 2.04. The molecule has 0 saturated carbocycles. The number of carbonyl (C=O) groups is 3. The zero-order valence-corrected chi connectivity index (χ0v) is 19.2. The Bertz CT molecular complexity index is 800. The van der Waals surface area contributed by atoms with Crippen molar-refractivity contribution in [3.63, 3.8) is 0 Å². The van der Waals surface area contributed by atoms with Gasteiger partial charge in [0.1, 0.15) is 23.4 Å². The van der Waals surface area contributed by atoms with E-state index in [0.29, 0.717) is 44.1 Å². The molecule has 0 unspecified atom stereocenters. The van der Waals surface area contributed by atoms with Gasteiger partial charge in [0.2, 0.25) is 0 Å². The SMILES string of the molecule is C=C1C(=O)O[C@]2(C)CC[C@H]1C[C@H](OC(C)=O)/C(C)=C/C[C@H](OC(C)=O)[C@@]1(C)CC[C@@H]2O1. The van der Waals surface area contributed by atoms with E-state index in [0.717, 1.165) is 5.57 Å². The van der Waals surface area contributed by atoms with Gasteiger partial charge in [0, 0.05) is 25.8 Å². The molecule has 7 nitrogen and oxygen atoms in total. The largest absolute Gasteiger partial charge is 0.459 e. The molecule has 172 valence electrons. The first-order valence-electron chi connectivity index (χ1n) is 11.0. The fourth-order valence-electron chi connectivity index (χ4n) is 4.98. The van der Waals surface area contributed by atoms with Crippen molar-refractivity contribution >= 4 is 17.9 Å². The monoisotopic (exact) mass is 434 g/mol. The van der Waals surface area contributed by atoms with Gasteiger partial charge in [-0.15, -0.1) is 0 Å². The van der Waals surface area contributed by atoms with Gasteiger partial charge in [-0.05, 0) is 64.4 Å². The van der Waals surface area contributed by atoms with Crippen LogP contribution in [0.15, 0.2) is 23.8 Å². The maximum absolute atomic E-state index is 12.9. The predicted octanol–water partition coefficient (Wildman–Crippen LogP) is 3.80. The van der Waals surface area contributed by atoms with Crippen LogP contribution in [0.4, 0.5) is 0 Å². The smallest absolute Gasteiger partial charge is 0.334 e. The minimum absolute atomic E-state index is 0.167. The second kappa shape index (κ2) is 8.77. The highest BCUT2D eigenvalue weighted by atomic mass is 16.6. The molecular weight excluding hydrogens is 400 g/mol. The second-order valence-corrected chi connectivity index (χ2v) is 9.54. The summed E-state index contributed by atoms with van der Waals surface area (Å²) >= 11 is 0. The molecule has 7 heteroatoms. The predicted molar refractivity (Wildman–Crippen MR) is 113 cm³/mol. The van der Waals surface area contributed by atoms with Gasteiger partial charge in [0.25, 0.3) is 0 Å². The molecule has 0 radical (unpaired) electrons. The summed E-state index contributed by atoms with van der Waals surface area (Å²) in [6.45, 7) is 12.5. The molecule has 0 aromatic carbocycles. The maximum atomic E-state index is 12.9. The lowest BCUT2D eigenvalue weighted by Gasteiger charge is -2.37. The van der Waals surface area contributed by atoms with E-state index in [9.17, 15) is 14.4 Å². The summed E-state index contributed by atoms with van der Waals surface area (Å²) in [5.41, 5.74) is -0.265. The minimum atomic E-state index is -0.805. The molecule has 0 amide bonds. The molecule has 3 aliphatic heterocycles. The molecule has 0 aromatic heterocycles. The molecule has 0 spiro atoms. The van der Waals surface area contributed by atoms with E-state index < -0.39 is 29.4 Å². The summed E-state index contributed by atoms with van der Waals surface area (Å²) in [5, 5.41) is 0. The molecule has 0 N–H and O–H groups in total. The summed E-state index contributed by atoms with van der Waals surface area (Å²) in [6.07, 6.45) is 4.19. The highest BCUT2D eigenvalue weighted by Crippen LogP contribution is 2.45. The summed E-state index contributed by atoms with van der Waals surface area (Å²) in [4.78, 5) is 36.4. The fourth-order valence-corrected chi connectivity index (χ4v) is 4.98. The topological polar surface area (TPSA) is 88.1 Å². The van der Waals surface area contributed by atoms with Crippen LogP contribution in [0.25, 0.3) is 0 Å². The fraction of sp³-hybridized carbons (Fsp3) is 0.708. The van der Waals surface area contributed by atoms with Crippen LogP contribution in [0.3, 0.4) is 0 Å². The van der Waals surface area contributed by atoms with Gasteiger partial charge in [-0.2, -0.15) is 0 Å². The third-order valence-electron chi connectivity index (χ3n) is 7.02. The average molecular weight is 435 g/mol. The Morgan fingerprint density at radius 2 is 1.74 bits per heavy atom. The van der Waals surface area contributed by atoms with Crippen molar-refractivity contribution in [3.8, 4) is 0 Å². The zero-order chi connectivity index (χ0) is 23.0. The Hall–Kier alpha value is -2.15. The lowest BCUT2D eigenvalue weighted by Crippen LogP contribution is -2.47. The van der Waals surface area contributed by atoms with Crippen LogP contribution >= 0.6 is 0 Å². The quantitative estimate of drug-likeness (QED) is 0.283. The summed E-state index contributed by atoms with van der Waals surface area (Å²) in [6, 6.07) is 0. The number of esters is 3. The Labute approximate surface area is 184 Å². The minimum Gasteiger partial charge on any atom is -0.459 e. The van der Waals surface area contributed by atoms with Crippen molar-refractivity contribution < 1.29 is 33.3 Å². The first-order chi connectivity index (χ1) is 14.4. The first kappa shape index (κ1) is 23.5. The van der Waals surface area contributed by atoms with Crippen LogP contribution < -0.4 is 0 Å². The highest BCUT2D eigenvalue weighted by molar-refractivity contribution is 5.89. The number of hydrogen-bond donors (Lipinski definition) is 0. The van der Waals surface area contributed by atoms with Gasteiger partial charge < -0.3 is 18.9 Å². The van der Waals surface area contributed by atoms with E-state index in [1.807, 2.05) is 26.8 Å². The number of carbonyl (C=O) groups excluding carboxylic acids is 3. The van der Waals surface area contributed by atoms with Gasteiger partial charge in [0.05, 0.1) is 6.10 Å². The van der Waals surface area contributed by atoms with Gasteiger partial charge in [-0.25, -0.2) is 4.79 Å². The van der Waals surface area contributed by atoms with Crippen LogP contribution in [-0.2, 0) is 33.3 Å². The van der Waals surface area contributed by atoms with E-state index in [2.05, 4.69) is 6.58 Å². The van der Waals surface area contributed by atoms with Crippen molar-refractivity contribution in [2.75, 3.05) is 0 Å². The second-order valence-electron chi connectivity index (χ2n) is 9.54. The van der Waals surface area contributed by atoms with Crippen molar-refractivity contribution in [1.82, 2.24) is 0 Å². The Morgan fingerprint density at radius 1 is 1.10 bits per heavy atom. The van der Waals surface area contributed by atoms with Crippen molar-refractivity contribution in [3.05, 3.63) is 23.8 Å². The standard InChI is InChI=1S/C24H34O7/c1-14-7-8-20(29-17(4)26)23(5)12-10-21(30-23)24(6)11-9-18(15(2)22(27)31-24)13-19(14)28-16(3)25/h7,18-21H,2,8-13H2,1,3-6H3/b14-7+/t18-,19-,20-,21-,23+,24+/m0/s1.